The van der Waals surface area contributed by atoms with Gasteiger partial charge in [0.05, 0.1) is 4.92 Å². The van der Waals surface area contributed by atoms with Crippen LogP contribution in [-0.2, 0) is 0 Å². The summed E-state index contributed by atoms with van der Waals surface area (Å²) in [7, 11) is 0. The first kappa shape index (κ1) is 15.4. The molecule has 1 aromatic heterocycles. The van der Waals surface area contributed by atoms with Crippen LogP contribution in [0.2, 0.25) is 0 Å². The van der Waals surface area contributed by atoms with Crippen LogP contribution in [0.3, 0.4) is 0 Å². The third-order valence-electron chi connectivity index (χ3n) is 3.51. The number of hydrogen-bond acceptors (Lipinski definition) is 7. The van der Waals surface area contributed by atoms with E-state index in [1.54, 1.807) is 0 Å². The van der Waals surface area contributed by atoms with Crippen molar-refractivity contribution in [3.05, 3.63) is 16.4 Å². The van der Waals surface area contributed by atoms with E-state index in [0.29, 0.717) is 19.1 Å². The lowest BCUT2D eigenvalue weighted by Crippen LogP contribution is -2.31. The molecule has 21 heavy (non-hydrogen) atoms. The molecule has 1 saturated carbocycles. The minimum Gasteiger partial charge on any atom is -0.364 e. The van der Waals surface area contributed by atoms with E-state index in [1.165, 1.54) is 19.2 Å². The molecule has 1 heterocycles. The van der Waals surface area contributed by atoms with Crippen LogP contribution in [0.5, 0.6) is 0 Å². The first-order valence-electron chi connectivity index (χ1n) is 7.38. The third-order valence-corrected chi connectivity index (χ3v) is 3.51. The van der Waals surface area contributed by atoms with E-state index in [9.17, 15) is 10.1 Å². The smallest absolute Gasteiger partial charge is 0.353 e. The molecule has 8 heteroatoms. The van der Waals surface area contributed by atoms with Gasteiger partial charge in [0.1, 0.15) is 6.33 Å². The zero-order valence-electron chi connectivity index (χ0n) is 12.5. The van der Waals surface area contributed by atoms with Gasteiger partial charge >= 0.3 is 5.69 Å². The maximum absolute atomic E-state index is 11.2. The first-order chi connectivity index (χ1) is 10.2. The molecule has 1 aliphatic carbocycles. The third kappa shape index (κ3) is 4.01. The van der Waals surface area contributed by atoms with Gasteiger partial charge in [-0.05, 0) is 26.3 Å². The molecule has 1 fully saturated rings. The standard InChI is InChI=1S/C13H22N6O2/c1-3-14-12-11(19(20)21)13(17-9-16-12)15-7-8-18(4-2)10-5-6-10/h9-10H,3-8H2,1-2H3,(H2,14,15,16,17). The van der Waals surface area contributed by atoms with Gasteiger partial charge < -0.3 is 10.6 Å². The van der Waals surface area contributed by atoms with Gasteiger partial charge in [0, 0.05) is 25.7 Å². The summed E-state index contributed by atoms with van der Waals surface area (Å²) >= 11 is 0. The summed E-state index contributed by atoms with van der Waals surface area (Å²) < 4.78 is 0. The molecule has 0 saturated heterocycles. The maximum atomic E-state index is 11.2. The van der Waals surface area contributed by atoms with E-state index >= 15 is 0 Å². The Labute approximate surface area is 124 Å². The fraction of sp³-hybridized carbons (Fsp3) is 0.692. The van der Waals surface area contributed by atoms with Gasteiger partial charge in [-0.1, -0.05) is 6.92 Å². The SMILES string of the molecule is CCNc1ncnc(NCCN(CC)C2CC2)c1[N+](=O)[O-]. The Bertz CT molecular complexity index is 492. The molecule has 0 unspecified atom stereocenters. The number of likely N-dealkylation sites (N-methyl/N-ethyl adjacent to an activating group) is 1. The predicted octanol–water partition coefficient (Wildman–Crippen LogP) is 1.71. The summed E-state index contributed by atoms with van der Waals surface area (Å²) in [6.45, 7) is 7.07. The Kier molecular flexibility index (Phi) is 5.26. The van der Waals surface area contributed by atoms with Crippen LogP contribution in [0.1, 0.15) is 26.7 Å². The molecule has 0 aliphatic heterocycles. The number of nitrogens with zero attached hydrogens (tertiary/aromatic N) is 4. The molecule has 1 aliphatic rings. The average Bonchev–Trinajstić information content (AvgIpc) is 3.28. The highest BCUT2D eigenvalue weighted by Gasteiger charge is 2.27. The number of aromatic nitrogens is 2. The molecule has 0 aromatic carbocycles. The number of hydrogen-bond donors (Lipinski definition) is 2. The average molecular weight is 294 g/mol. The number of rotatable bonds is 9. The Morgan fingerprint density at radius 3 is 2.52 bits per heavy atom. The second-order valence-corrected chi connectivity index (χ2v) is 4.99. The second kappa shape index (κ2) is 7.16. The van der Waals surface area contributed by atoms with Crippen molar-refractivity contribution >= 4 is 17.3 Å². The van der Waals surface area contributed by atoms with Crippen molar-refractivity contribution in [2.45, 2.75) is 32.7 Å². The molecule has 0 amide bonds. The first-order valence-corrected chi connectivity index (χ1v) is 7.38. The molecular formula is C13H22N6O2. The zero-order valence-corrected chi connectivity index (χ0v) is 12.5. The highest BCUT2D eigenvalue weighted by molar-refractivity contribution is 5.69. The van der Waals surface area contributed by atoms with Crippen molar-refractivity contribution in [1.82, 2.24) is 14.9 Å². The predicted molar refractivity (Wildman–Crippen MR) is 81.6 cm³/mol. The van der Waals surface area contributed by atoms with Crippen molar-refractivity contribution in [2.24, 2.45) is 0 Å². The lowest BCUT2D eigenvalue weighted by atomic mass is 10.4. The number of anilines is 2. The maximum Gasteiger partial charge on any atom is 0.353 e. The van der Waals surface area contributed by atoms with Gasteiger partial charge in [-0.25, -0.2) is 9.97 Å². The minimum absolute atomic E-state index is 0.0891. The molecule has 8 nitrogen and oxygen atoms in total. The quantitative estimate of drug-likeness (QED) is 0.528. The van der Waals surface area contributed by atoms with Gasteiger partial charge in [-0.15, -0.1) is 0 Å². The van der Waals surface area contributed by atoms with Gasteiger partial charge in [-0.2, -0.15) is 0 Å². The van der Waals surface area contributed by atoms with E-state index in [1.807, 2.05) is 6.92 Å². The molecule has 2 rings (SSSR count). The summed E-state index contributed by atoms with van der Waals surface area (Å²) in [6.07, 6.45) is 3.85. The fourth-order valence-corrected chi connectivity index (χ4v) is 2.33. The summed E-state index contributed by atoms with van der Waals surface area (Å²) in [6, 6.07) is 0.689. The molecule has 0 spiro atoms. The van der Waals surface area contributed by atoms with E-state index in [2.05, 4.69) is 32.4 Å². The Morgan fingerprint density at radius 2 is 2.00 bits per heavy atom. The van der Waals surface area contributed by atoms with E-state index < -0.39 is 4.92 Å². The lowest BCUT2D eigenvalue weighted by molar-refractivity contribution is -0.383. The van der Waals surface area contributed by atoms with Crippen molar-refractivity contribution in [2.75, 3.05) is 36.8 Å². The van der Waals surface area contributed by atoms with E-state index in [-0.39, 0.29) is 17.3 Å². The Hall–Kier alpha value is -1.96. The molecule has 0 atom stereocenters. The van der Waals surface area contributed by atoms with Crippen LogP contribution in [0.25, 0.3) is 0 Å². The second-order valence-electron chi connectivity index (χ2n) is 4.99. The van der Waals surface area contributed by atoms with E-state index in [0.717, 1.165) is 13.1 Å². The summed E-state index contributed by atoms with van der Waals surface area (Å²) in [5.74, 6) is 0.535. The lowest BCUT2D eigenvalue weighted by Gasteiger charge is -2.19. The van der Waals surface area contributed by atoms with E-state index in [4.69, 9.17) is 0 Å². The molecule has 1 aromatic rings. The number of nitrogens with one attached hydrogen (secondary N) is 2. The fourth-order valence-electron chi connectivity index (χ4n) is 2.33. The molecular weight excluding hydrogens is 272 g/mol. The van der Waals surface area contributed by atoms with Crippen LogP contribution in [0.4, 0.5) is 17.3 Å². The summed E-state index contributed by atoms with van der Waals surface area (Å²) in [5, 5.41) is 17.2. The topological polar surface area (TPSA) is 96.2 Å². The molecule has 116 valence electrons. The summed E-state index contributed by atoms with van der Waals surface area (Å²) in [4.78, 5) is 21.1. The normalized spacial score (nSPS) is 14.2. The van der Waals surface area contributed by atoms with Crippen LogP contribution < -0.4 is 10.6 Å². The van der Waals surface area contributed by atoms with Gasteiger partial charge in [0.15, 0.2) is 0 Å². The Balaban J connectivity index is 2.01. The highest BCUT2D eigenvalue weighted by Crippen LogP contribution is 2.29. The molecule has 0 bridgehead atoms. The molecule has 2 N–H and O–H groups in total. The largest absolute Gasteiger partial charge is 0.364 e. The van der Waals surface area contributed by atoms with Crippen LogP contribution in [0, 0.1) is 10.1 Å². The van der Waals surface area contributed by atoms with Crippen LogP contribution in [-0.4, -0.2) is 52.0 Å². The highest BCUT2D eigenvalue weighted by atomic mass is 16.6. The minimum atomic E-state index is -0.446. The van der Waals surface area contributed by atoms with Crippen molar-refractivity contribution in [3.8, 4) is 0 Å². The van der Waals surface area contributed by atoms with Crippen molar-refractivity contribution in [3.63, 3.8) is 0 Å². The zero-order chi connectivity index (χ0) is 15.2. The summed E-state index contributed by atoms with van der Waals surface area (Å²) in [5.41, 5.74) is -0.0891. The monoisotopic (exact) mass is 294 g/mol. The van der Waals surface area contributed by atoms with Crippen molar-refractivity contribution < 1.29 is 4.92 Å². The van der Waals surface area contributed by atoms with Gasteiger partial charge in [0.25, 0.3) is 0 Å². The molecule has 0 radical (unpaired) electrons. The number of nitro groups is 1. The van der Waals surface area contributed by atoms with Gasteiger partial charge in [0.2, 0.25) is 11.6 Å². The van der Waals surface area contributed by atoms with Gasteiger partial charge in [-0.3, -0.25) is 15.0 Å². The Morgan fingerprint density at radius 1 is 1.33 bits per heavy atom. The van der Waals surface area contributed by atoms with Crippen LogP contribution in [0.15, 0.2) is 6.33 Å². The van der Waals surface area contributed by atoms with Crippen molar-refractivity contribution in [1.29, 1.82) is 0 Å². The van der Waals surface area contributed by atoms with Crippen LogP contribution >= 0.6 is 0 Å².